The first-order valence-corrected chi connectivity index (χ1v) is 7.60. The molecule has 2 nitrogen and oxygen atoms in total. The van der Waals surface area contributed by atoms with Gasteiger partial charge in [0.1, 0.15) is 0 Å². The number of anilines is 1. The molecule has 1 N–H and O–H groups in total. The van der Waals surface area contributed by atoms with Crippen LogP contribution in [0.5, 0.6) is 0 Å². The SMILES string of the molecule is CC(CC(=O)Nc1cccc(Cl)c1Br)CC(C)(C)C. The number of rotatable bonds is 4. The zero-order chi connectivity index (χ0) is 14.6. The maximum atomic E-state index is 12.0. The average molecular weight is 347 g/mol. The predicted molar refractivity (Wildman–Crippen MR) is 85.6 cm³/mol. The molecule has 1 aromatic carbocycles. The van der Waals surface area contributed by atoms with Crippen molar-refractivity contribution in [3.8, 4) is 0 Å². The Hall–Kier alpha value is -0.540. The summed E-state index contributed by atoms with van der Waals surface area (Å²) in [4.78, 5) is 12.0. The summed E-state index contributed by atoms with van der Waals surface area (Å²) in [6, 6.07) is 5.44. The minimum absolute atomic E-state index is 0.0275. The van der Waals surface area contributed by atoms with Crippen LogP contribution in [-0.2, 0) is 4.79 Å². The van der Waals surface area contributed by atoms with Crippen molar-refractivity contribution >= 4 is 39.1 Å². The molecule has 1 atom stereocenters. The molecule has 1 amide bonds. The van der Waals surface area contributed by atoms with Crippen LogP contribution in [0.1, 0.15) is 40.5 Å². The van der Waals surface area contributed by atoms with Crippen molar-refractivity contribution in [2.45, 2.75) is 40.5 Å². The van der Waals surface area contributed by atoms with Crippen molar-refractivity contribution in [2.75, 3.05) is 5.32 Å². The van der Waals surface area contributed by atoms with E-state index in [1.807, 2.05) is 12.1 Å². The van der Waals surface area contributed by atoms with E-state index >= 15 is 0 Å². The van der Waals surface area contributed by atoms with Crippen LogP contribution in [0.2, 0.25) is 5.02 Å². The minimum Gasteiger partial charge on any atom is -0.325 e. The van der Waals surface area contributed by atoms with Gasteiger partial charge in [-0.15, -0.1) is 0 Å². The molecule has 1 rings (SSSR count). The summed E-state index contributed by atoms with van der Waals surface area (Å²) in [6.07, 6.45) is 1.55. The first-order valence-electron chi connectivity index (χ1n) is 6.43. The molecule has 0 heterocycles. The quantitative estimate of drug-likeness (QED) is 0.766. The number of hydrogen-bond donors (Lipinski definition) is 1. The highest BCUT2D eigenvalue weighted by atomic mass is 79.9. The zero-order valence-electron chi connectivity index (χ0n) is 11.9. The fraction of sp³-hybridized carbons (Fsp3) is 0.533. The van der Waals surface area contributed by atoms with Gasteiger partial charge >= 0.3 is 0 Å². The molecule has 106 valence electrons. The van der Waals surface area contributed by atoms with Gasteiger partial charge in [-0.1, -0.05) is 45.4 Å². The number of halogens is 2. The van der Waals surface area contributed by atoms with Crippen molar-refractivity contribution < 1.29 is 4.79 Å². The zero-order valence-corrected chi connectivity index (χ0v) is 14.2. The first-order chi connectivity index (χ1) is 8.69. The van der Waals surface area contributed by atoms with Gasteiger partial charge in [-0.05, 0) is 45.8 Å². The summed E-state index contributed by atoms with van der Waals surface area (Å²) in [5.74, 6) is 0.387. The fourth-order valence-electron chi connectivity index (χ4n) is 2.24. The van der Waals surface area contributed by atoms with Gasteiger partial charge in [0.05, 0.1) is 15.2 Å². The Bertz CT molecular complexity index is 454. The second kappa shape index (κ2) is 6.76. The van der Waals surface area contributed by atoms with E-state index in [1.54, 1.807) is 6.07 Å². The third-order valence-corrected chi connectivity index (χ3v) is 4.12. The van der Waals surface area contributed by atoms with Gasteiger partial charge in [-0.25, -0.2) is 0 Å². The Morgan fingerprint density at radius 2 is 2.05 bits per heavy atom. The third-order valence-electron chi connectivity index (χ3n) is 2.72. The summed E-state index contributed by atoms with van der Waals surface area (Å²) in [5, 5.41) is 3.50. The summed E-state index contributed by atoms with van der Waals surface area (Å²) in [6.45, 7) is 8.68. The van der Waals surface area contributed by atoms with Gasteiger partial charge in [0.15, 0.2) is 0 Å². The molecule has 1 unspecified atom stereocenters. The summed E-state index contributed by atoms with van der Waals surface area (Å²) in [7, 11) is 0. The average Bonchev–Trinajstić information content (AvgIpc) is 2.21. The van der Waals surface area contributed by atoms with E-state index in [2.05, 4.69) is 48.9 Å². The van der Waals surface area contributed by atoms with Crippen molar-refractivity contribution in [3.05, 3.63) is 27.7 Å². The highest BCUT2D eigenvalue weighted by molar-refractivity contribution is 9.10. The molecule has 0 aliphatic heterocycles. The molecule has 0 radical (unpaired) electrons. The summed E-state index contributed by atoms with van der Waals surface area (Å²) >= 11 is 9.37. The Morgan fingerprint density at radius 3 is 2.63 bits per heavy atom. The molecule has 0 spiro atoms. The minimum atomic E-state index is 0.0275. The van der Waals surface area contributed by atoms with Crippen LogP contribution in [0.25, 0.3) is 0 Å². The van der Waals surface area contributed by atoms with E-state index in [4.69, 9.17) is 11.6 Å². The lowest BCUT2D eigenvalue weighted by atomic mass is 9.84. The van der Waals surface area contributed by atoms with E-state index in [1.165, 1.54) is 0 Å². The van der Waals surface area contributed by atoms with Crippen LogP contribution >= 0.6 is 27.5 Å². The van der Waals surface area contributed by atoms with Crippen molar-refractivity contribution in [1.29, 1.82) is 0 Å². The summed E-state index contributed by atoms with van der Waals surface area (Å²) in [5.41, 5.74) is 0.969. The molecule has 0 saturated heterocycles. The molecular weight excluding hydrogens is 326 g/mol. The fourth-order valence-corrected chi connectivity index (χ4v) is 2.77. The van der Waals surface area contributed by atoms with Crippen LogP contribution in [0.15, 0.2) is 22.7 Å². The topological polar surface area (TPSA) is 29.1 Å². The third kappa shape index (κ3) is 5.96. The summed E-state index contributed by atoms with van der Waals surface area (Å²) < 4.78 is 0.730. The van der Waals surface area contributed by atoms with Crippen LogP contribution in [0, 0.1) is 11.3 Å². The van der Waals surface area contributed by atoms with Gasteiger partial charge in [-0.2, -0.15) is 0 Å². The number of benzene rings is 1. The van der Waals surface area contributed by atoms with E-state index in [9.17, 15) is 4.79 Å². The number of amides is 1. The maximum absolute atomic E-state index is 12.0. The van der Waals surface area contributed by atoms with Gasteiger partial charge in [0.2, 0.25) is 5.91 Å². The number of nitrogens with one attached hydrogen (secondary N) is 1. The monoisotopic (exact) mass is 345 g/mol. The number of carbonyl (C=O) groups excluding carboxylic acids is 1. The van der Waals surface area contributed by atoms with E-state index in [0.29, 0.717) is 17.4 Å². The largest absolute Gasteiger partial charge is 0.325 e. The van der Waals surface area contributed by atoms with Crippen LogP contribution in [-0.4, -0.2) is 5.91 Å². The van der Waals surface area contributed by atoms with Gasteiger partial charge in [0.25, 0.3) is 0 Å². The molecule has 1 aromatic rings. The second-order valence-electron chi connectivity index (χ2n) is 6.22. The lowest BCUT2D eigenvalue weighted by Gasteiger charge is -2.22. The standard InChI is InChI=1S/C15H21BrClNO/c1-10(9-15(2,3)4)8-13(19)18-12-7-5-6-11(17)14(12)16/h5-7,10H,8-9H2,1-4H3,(H,18,19). The van der Waals surface area contributed by atoms with E-state index in [-0.39, 0.29) is 11.3 Å². The highest BCUT2D eigenvalue weighted by Crippen LogP contribution is 2.31. The molecule has 0 aliphatic rings. The van der Waals surface area contributed by atoms with Gasteiger partial charge in [0, 0.05) is 6.42 Å². The van der Waals surface area contributed by atoms with Crippen molar-refractivity contribution in [3.63, 3.8) is 0 Å². The van der Waals surface area contributed by atoms with Gasteiger partial charge < -0.3 is 5.32 Å². The van der Waals surface area contributed by atoms with E-state index in [0.717, 1.165) is 16.6 Å². The second-order valence-corrected chi connectivity index (χ2v) is 7.42. The van der Waals surface area contributed by atoms with Crippen molar-refractivity contribution in [1.82, 2.24) is 0 Å². The Balaban J connectivity index is 2.58. The number of hydrogen-bond acceptors (Lipinski definition) is 1. The maximum Gasteiger partial charge on any atom is 0.224 e. The van der Waals surface area contributed by atoms with Crippen LogP contribution < -0.4 is 5.32 Å². The van der Waals surface area contributed by atoms with Crippen LogP contribution in [0.4, 0.5) is 5.69 Å². The highest BCUT2D eigenvalue weighted by Gasteiger charge is 2.18. The molecule has 0 fully saturated rings. The predicted octanol–water partition coefficient (Wildman–Crippen LogP) is 5.50. The first kappa shape index (κ1) is 16.5. The lowest BCUT2D eigenvalue weighted by Crippen LogP contribution is -2.19. The molecule has 19 heavy (non-hydrogen) atoms. The van der Waals surface area contributed by atoms with Crippen molar-refractivity contribution in [2.24, 2.45) is 11.3 Å². The number of carbonyl (C=O) groups is 1. The van der Waals surface area contributed by atoms with E-state index < -0.39 is 0 Å². The molecule has 0 aliphatic carbocycles. The Morgan fingerprint density at radius 1 is 1.42 bits per heavy atom. The Kier molecular flexibility index (Phi) is 5.87. The van der Waals surface area contributed by atoms with Gasteiger partial charge in [-0.3, -0.25) is 4.79 Å². The molecule has 0 saturated carbocycles. The molecule has 0 bridgehead atoms. The molecular formula is C15H21BrClNO. The molecule has 4 heteroatoms. The Labute approximate surface area is 129 Å². The van der Waals surface area contributed by atoms with Crippen LogP contribution in [0.3, 0.4) is 0 Å². The lowest BCUT2D eigenvalue weighted by molar-refractivity contribution is -0.117. The normalized spacial score (nSPS) is 13.2. The molecule has 0 aromatic heterocycles. The smallest absolute Gasteiger partial charge is 0.224 e.